The summed E-state index contributed by atoms with van der Waals surface area (Å²) in [7, 11) is 0. The molecular weight excluding hydrogens is 476 g/mol. The molecule has 0 radical (unpaired) electrons. The first-order chi connectivity index (χ1) is 18.3. The number of nitrogens with two attached hydrogens (primary N) is 1. The van der Waals surface area contributed by atoms with Crippen LogP contribution in [0.1, 0.15) is 57.4 Å². The third kappa shape index (κ3) is 5.95. The van der Waals surface area contributed by atoms with E-state index in [2.05, 4.69) is 10.6 Å². The van der Waals surface area contributed by atoms with Gasteiger partial charge in [0.1, 0.15) is 0 Å². The predicted octanol–water partition coefficient (Wildman–Crippen LogP) is 4.75. The molecule has 0 saturated heterocycles. The lowest BCUT2D eigenvalue weighted by Gasteiger charge is -2.42. The number of carbonyl (C=O) groups excluding carboxylic acids is 2. The van der Waals surface area contributed by atoms with Crippen LogP contribution in [0.3, 0.4) is 0 Å². The first-order valence-electron chi connectivity index (χ1n) is 13.5. The Morgan fingerprint density at radius 3 is 2.32 bits per heavy atom. The number of pyridine rings is 1. The van der Waals surface area contributed by atoms with Crippen LogP contribution in [0.4, 0.5) is 5.69 Å². The predicted molar refractivity (Wildman–Crippen MR) is 149 cm³/mol. The molecule has 0 unspecified atom stereocenters. The van der Waals surface area contributed by atoms with Gasteiger partial charge in [0.15, 0.2) is 0 Å². The van der Waals surface area contributed by atoms with Crippen LogP contribution >= 0.6 is 0 Å². The van der Waals surface area contributed by atoms with Crippen LogP contribution in [0.25, 0.3) is 22.4 Å². The van der Waals surface area contributed by atoms with Crippen LogP contribution in [0.2, 0.25) is 0 Å². The van der Waals surface area contributed by atoms with E-state index in [1.54, 1.807) is 13.1 Å². The summed E-state index contributed by atoms with van der Waals surface area (Å²) in [6.07, 6.45) is 6.70. The maximum absolute atomic E-state index is 12.9. The molecule has 5 N–H and O–H groups in total. The normalized spacial score (nSPS) is 24.8. The molecule has 2 aromatic carbocycles. The Hall–Kier alpha value is -3.55. The van der Waals surface area contributed by atoms with Gasteiger partial charge >= 0.3 is 0 Å². The molecule has 38 heavy (non-hydrogen) atoms. The summed E-state index contributed by atoms with van der Waals surface area (Å²) in [5.74, 6) is 0.317. The topological polar surface area (TPSA) is 117 Å². The number of nitrogens with one attached hydrogen (secondary N) is 2. The summed E-state index contributed by atoms with van der Waals surface area (Å²) in [6.45, 7) is 1.55. The Labute approximate surface area is 223 Å². The maximum Gasteiger partial charge on any atom is 0.224 e. The molecule has 198 valence electrons. The molecule has 2 aliphatic rings. The van der Waals surface area contributed by atoms with Gasteiger partial charge in [-0.15, -0.1) is 0 Å². The van der Waals surface area contributed by atoms with Gasteiger partial charge < -0.3 is 21.5 Å². The van der Waals surface area contributed by atoms with Crippen molar-refractivity contribution in [2.45, 2.75) is 69.6 Å². The number of hydrogen-bond donors (Lipinski definition) is 4. The summed E-state index contributed by atoms with van der Waals surface area (Å²) in [6, 6.07) is 20.4. The average Bonchev–Trinajstić information content (AvgIpc) is 2.89. The highest BCUT2D eigenvalue weighted by atomic mass is 16.3. The van der Waals surface area contributed by atoms with Crippen molar-refractivity contribution in [1.29, 1.82) is 0 Å². The molecule has 3 aromatic rings. The lowest BCUT2D eigenvalue weighted by molar-refractivity contribution is -0.120. The molecule has 7 heteroatoms. The number of nitrogens with zero attached hydrogens (tertiary/aromatic N) is 1. The van der Waals surface area contributed by atoms with Gasteiger partial charge in [-0.05, 0) is 61.6 Å². The van der Waals surface area contributed by atoms with Gasteiger partial charge in [0.05, 0.1) is 23.7 Å². The Kier molecular flexibility index (Phi) is 7.58. The summed E-state index contributed by atoms with van der Waals surface area (Å²) in [5.41, 5.74) is 11.4. The van der Waals surface area contributed by atoms with Crippen molar-refractivity contribution >= 4 is 17.5 Å². The number of carbonyl (C=O) groups is 2. The largest absolute Gasteiger partial charge is 0.393 e. The van der Waals surface area contributed by atoms with E-state index in [0.29, 0.717) is 30.9 Å². The molecular formula is C31H36N4O3. The molecule has 7 nitrogen and oxygen atoms in total. The van der Waals surface area contributed by atoms with E-state index in [-0.39, 0.29) is 24.0 Å². The maximum atomic E-state index is 12.9. The number of aromatic nitrogens is 1. The highest BCUT2D eigenvalue weighted by molar-refractivity contribution is 5.93. The third-order valence-corrected chi connectivity index (χ3v) is 7.92. The minimum Gasteiger partial charge on any atom is -0.393 e. The SMILES string of the molecule is CC(=O)N[C@H]1CC[C@H](CC(=O)Nc2cnc(-c3ccc([C@]4(N)C[C@@H](O)C4)cc3)c(-c3ccccc3)c2)CC1. The van der Waals surface area contributed by atoms with E-state index in [4.69, 9.17) is 10.7 Å². The number of benzene rings is 2. The van der Waals surface area contributed by atoms with Gasteiger partial charge in [-0.3, -0.25) is 14.6 Å². The van der Waals surface area contributed by atoms with Crippen molar-refractivity contribution in [2.75, 3.05) is 5.32 Å². The molecule has 5 rings (SSSR count). The monoisotopic (exact) mass is 512 g/mol. The fourth-order valence-electron chi connectivity index (χ4n) is 5.85. The second-order valence-corrected chi connectivity index (χ2v) is 11.0. The highest BCUT2D eigenvalue weighted by Gasteiger charge is 2.41. The first kappa shape index (κ1) is 26.1. The minimum atomic E-state index is -0.467. The number of aliphatic hydroxyl groups is 1. The number of rotatable bonds is 7. The average molecular weight is 513 g/mol. The fourth-order valence-corrected chi connectivity index (χ4v) is 5.85. The molecule has 2 fully saturated rings. The van der Waals surface area contributed by atoms with Gasteiger partial charge in [0.25, 0.3) is 0 Å². The van der Waals surface area contributed by atoms with Crippen molar-refractivity contribution in [3.63, 3.8) is 0 Å². The molecule has 2 amide bonds. The van der Waals surface area contributed by atoms with Crippen LogP contribution in [-0.4, -0.2) is 34.1 Å². The van der Waals surface area contributed by atoms with Crippen LogP contribution < -0.4 is 16.4 Å². The van der Waals surface area contributed by atoms with Crippen LogP contribution in [-0.2, 0) is 15.1 Å². The molecule has 1 aromatic heterocycles. The van der Waals surface area contributed by atoms with E-state index in [1.807, 2.05) is 60.7 Å². The van der Waals surface area contributed by atoms with Crippen LogP contribution in [0.5, 0.6) is 0 Å². The van der Waals surface area contributed by atoms with E-state index in [0.717, 1.165) is 53.6 Å². The summed E-state index contributed by atoms with van der Waals surface area (Å²) in [5, 5.41) is 15.8. The Morgan fingerprint density at radius 2 is 1.68 bits per heavy atom. The number of anilines is 1. The van der Waals surface area contributed by atoms with Crippen molar-refractivity contribution in [2.24, 2.45) is 11.7 Å². The van der Waals surface area contributed by atoms with Crippen molar-refractivity contribution < 1.29 is 14.7 Å². The molecule has 2 saturated carbocycles. The molecule has 0 atom stereocenters. The third-order valence-electron chi connectivity index (χ3n) is 7.92. The Morgan fingerprint density at radius 1 is 1.00 bits per heavy atom. The second kappa shape index (κ2) is 11.1. The minimum absolute atomic E-state index is 0.00815. The van der Waals surface area contributed by atoms with E-state index in [9.17, 15) is 14.7 Å². The van der Waals surface area contributed by atoms with E-state index in [1.165, 1.54) is 0 Å². The molecule has 0 aliphatic heterocycles. The lowest BCUT2D eigenvalue weighted by atomic mass is 9.70. The number of aliphatic hydroxyl groups excluding tert-OH is 1. The lowest BCUT2D eigenvalue weighted by Crippen LogP contribution is -2.51. The van der Waals surface area contributed by atoms with E-state index < -0.39 is 5.54 Å². The molecule has 2 aliphatic carbocycles. The Balaban J connectivity index is 1.31. The van der Waals surface area contributed by atoms with E-state index >= 15 is 0 Å². The van der Waals surface area contributed by atoms with Gasteiger partial charge in [0.2, 0.25) is 11.8 Å². The first-order valence-corrected chi connectivity index (χ1v) is 13.5. The zero-order valence-corrected chi connectivity index (χ0v) is 21.8. The zero-order chi connectivity index (χ0) is 26.7. The number of amides is 2. The van der Waals surface area contributed by atoms with Gasteiger partial charge in [-0.2, -0.15) is 0 Å². The van der Waals surface area contributed by atoms with Crippen LogP contribution in [0.15, 0.2) is 66.9 Å². The van der Waals surface area contributed by atoms with Crippen molar-refractivity contribution in [1.82, 2.24) is 10.3 Å². The summed E-state index contributed by atoms with van der Waals surface area (Å²) < 4.78 is 0. The molecule has 0 spiro atoms. The number of hydrogen-bond acceptors (Lipinski definition) is 5. The molecule has 0 bridgehead atoms. The van der Waals surface area contributed by atoms with Gasteiger partial charge in [-0.1, -0.05) is 54.6 Å². The summed E-state index contributed by atoms with van der Waals surface area (Å²) >= 11 is 0. The van der Waals surface area contributed by atoms with Crippen LogP contribution in [0, 0.1) is 5.92 Å². The zero-order valence-electron chi connectivity index (χ0n) is 21.8. The van der Waals surface area contributed by atoms with Crippen molar-refractivity contribution in [3.8, 4) is 22.4 Å². The smallest absolute Gasteiger partial charge is 0.224 e. The highest BCUT2D eigenvalue weighted by Crippen LogP contribution is 2.40. The molecule has 1 heterocycles. The summed E-state index contributed by atoms with van der Waals surface area (Å²) in [4.78, 5) is 29.0. The quantitative estimate of drug-likeness (QED) is 0.365. The Bertz CT molecular complexity index is 1280. The second-order valence-electron chi connectivity index (χ2n) is 11.0. The fraction of sp³-hybridized carbons (Fsp3) is 0.387. The van der Waals surface area contributed by atoms with Crippen molar-refractivity contribution in [3.05, 3.63) is 72.4 Å². The standard InChI is InChI=1S/C31H36N4O3/c1-20(36)34-25-13-7-21(8-14-25)15-29(38)35-26-16-28(22-5-3-2-4-6-22)30(33-19-26)23-9-11-24(12-10-23)31(32)17-27(37)18-31/h2-6,9-12,16,19,21,25,27,37H,7-8,13-15,17-18,32H2,1H3,(H,34,36)(H,35,38)/t21-,25-,27-,31+. The van der Waals surface area contributed by atoms with Gasteiger partial charge in [-0.25, -0.2) is 0 Å². The van der Waals surface area contributed by atoms with Gasteiger partial charge in [0, 0.05) is 36.1 Å².